The molecule has 1 aromatic carbocycles. The standard InChI is InChI=1S/C12H17NO4/c1-15-7-4-8-17-12(14)9-5-3-6-10(13)11(9)16-2/h3,5-6H,4,7-8,13H2,1-2H3. The molecule has 1 rings (SSSR count). The highest BCUT2D eigenvalue weighted by Gasteiger charge is 2.15. The molecule has 2 N–H and O–H groups in total. The Balaban J connectivity index is 2.65. The predicted octanol–water partition coefficient (Wildman–Crippen LogP) is 1.47. The van der Waals surface area contributed by atoms with Crippen molar-refractivity contribution in [1.82, 2.24) is 0 Å². The van der Waals surface area contributed by atoms with Gasteiger partial charge in [0.05, 0.1) is 19.4 Å². The lowest BCUT2D eigenvalue weighted by atomic mass is 10.2. The van der Waals surface area contributed by atoms with E-state index in [4.69, 9.17) is 19.9 Å². The van der Waals surface area contributed by atoms with Crippen LogP contribution in [0.5, 0.6) is 5.75 Å². The summed E-state index contributed by atoms with van der Waals surface area (Å²) in [5.41, 5.74) is 6.45. The molecule has 0 amide bonds. The van der Waals surface area contributed by atoms with Gasteiger partial charge in [-0.05, 0) is 12.1 Å². The van der Waals surface area contributed by atoms with Crippen molar-refractivity contribution in [2.75, 3.05) is 33.2 Å². The van der Waals surface area contributed by atoms with Crippen LogP contribution in [0.25, 0.3) is 0 Å². The molecule has 0 saturated heterocycles. The number of anilines is 1. The molecule has 0 fully saturated rings. The van der Waals surface area contributed by atoms with E-state index in [1.807, 2.05) is 0 Å². The van der Waals surface area contributed by atoms with E-state index in [1.54, 1.807) is 25.3 Å². The number of benzene rings is 1. The maximum atomic E-state index is 11.7. The first-order valence-electron chi connectivity index (χ1n) is 5.29. The van der Waals surface area contributed by atoms with Gasteiger partial charge >= 0.3 is 5.97 Å². The van der Waals surface area contributed by atoms with Crippen molar-refractivity contribution in [3.8, 4) is 5.75 Å². The number of hydrogen-bond donors (Lipinski definition) is 1. The minimum absolute atomic E-state index is 0.310. The lowest BCUT2D eigenvalue weighted by molar-refractivity contribution is 0.0465. The number of esters is 1. The van der Waals surface area contributed by atoms with Gasteiger partial charge in [0.15, 0.2) is 5.75 Å². The van der Waals surface area contributed by atoms with Crippen LogP contribution in [0.4, 0.5) is 5.69 Å². The molecular weight excluding hydrogens is 222 g/mol. The zero-order valence-corrected chi connectivity index (χ0v) is 10.1. The van der Waals surface area contributed by atoms with Gasteiger partial charge < -0.3 is 19.9 Å². The van der Waals surface area contributed by atoms with Crippen molar-refractivity contribution < 1.29 is 19.0 Å². The van der Waals surface area contributed by atoms with Gasteiger partial charge in [0.25, 0.3) is 0 Å². The molecule has 0 aliphatic carbocycles. The Labute approximate surface area is 100 Å². The Morgan fingerprint density at radius 1 is 1.29 bits per heavy atom. The van der Waals surface area contributed by atoms with E-state index in [2.05, 4.69) is 0 Å². The molecule has 0 atom stereocenters. The van der Waals surface area contributed by atoms with Gasteiger partial charge in [0.2, 0.25) is 0 Å². The summed E-state index contributed by atoms with van der Waals surface area (Å²) in [6.45, 7) is 0.867. The minimum Gasteiger partial charge on any atom is -0.494 e. The molecule has 94 valence electrons. The summed E-state index contributed by atoms with van der Waals surface area (Å²) in [5.74, 6) is -0.0884. The summed E-state index contributed by atoms with van der Waals surface area (Å²) in [5, 5.41) is 0. The Kier molecular flexibility index (Phi) is 5.29. The first-order chi connectivity index (χ1) is 8.20. The number of carbonyl (C=O) groups excluding carboxylic acids is 1. The highest BCUT2D eigenvalue weighted by Crippen LogP contribution is 2.26. The fourth-order valence-corrected chi connectivity index (χ4v) is 1.39. The topological polar surface area (TPSA) is 70.8 Å². The molecule has 0 aliphatic rings. The van der Waals surface area contributed by atoms with Crippen LogP contribution in [-0.4, -0.2) is 33.4 Å². The highest BCUT2D eigenvalue weighted by molar-refractivity contribution is 5.94. The second-order valence-corrected chi connectivity index (χ2v) is 3.41. The Morgan fingerprint density at radius 2 is 2.06 bits per heavy atom. The van der Waals surface area contributed by atoms with E-state index in [9.17, 15) is 4.79 Å². The zero-order valence-electron chi connectivity index (χ0n) is 10.1. The monoisotopic (exact) mass is 239 g/mol. The molecular formula is C12H17NO4. The third-order valence-electron chi connectivity index (χ3n) is 2.20. The third kappa shape index (κ3) is 3.64. The predicted molar refractivity (Wildman–Crippen MR) is 64.2 cm³/mol. The summed E-state index contributed by atoms with van der Waals surface area (Å²) in [6, 6.07) is 4.97. The maximum absolute atomic E-state index is 11.7. The van der Waals surface area contributed by atoms with E-state index >= 15 is 0 Å². The number of hydrogen-bond acceptors (Lipinski definition) is 5. The van der Waals surface area contributed by atoms with E-state index in [0.717, 1.165) is 0 Å². The Hall–Kier alpha value is -1.75. The summed E-state index contributed by atoms with van der Waals surface area (Å²) >= 11 is 0. The molecule has 0 heterocycles. The van der Waals surface area contributed by atoms with Crippen LogP contribution < -0.4 is 10.5 Å². The SMILES string of the molecule is COCCCOC(=O)c1cccc(N)c1OC. The van der Waals surface area contributed by atoms with Gasteiger partial charge in [-0.15, -0.1) is 0 Å². The molecule has 5 nitrogen and oxygen atoms in total. The molecule has 0 spiro atoms. The maximum Gasteiger partial charge on any atom is 0.342 e. The van der Waals surface area contributed by atoms with Gasteiger partial charge in [0.1, 0.15) is 5.56 Å². The van der Waals surface area contributed by atoms with Crippen molar-refractivity contribution in [2.45, 2.75) is 6.42 Å². The average Bonchev–Trinajstić information content (AvgIpc) is 2.34. The van der Waals surface area contributed by atoms with Gasteiger partial charge in [0, 0.05) is 20.1 Å². The first kappa shape index (κ1) is 13.3. The van der Waals surface area contributed by atoms with Crippen molar-refractivity contribution in [1.29, 1.82) is 0 Å². The van der Waals surface area contributed by atoms with E-state index in [0.29, 0.717) is 36.6 Å². The summed E-state index contributed by atoms with van der Waals surface area (Å²) in [6.07, 6.45) is 0.660. The lowest BCUT2D eigenvalue weighted by Gasteiger charge is -2.10. The molecule has 17 heavy (non-hydrogen) atoms. The molecule has 0 radical (unpaired) electrons. The number of ether oxygens (including phenoxy) is 3. The largest absolute Gasteiger partial charge is 0.494 e. The minimum atomic E-state index is -0.440. The number of methoxy groups -OCH3 is 2. The van der Waals surface area contributed by atoms with Crippen molar-refractivity contribution >= 4 is 11.7 Å². The van der Waals surface area contributed by atoms with Crippen LogP contribution in [0.1, 0.15) is 16.8 Å². The third-order valence-corrected chi connectivity index (χ3v) is 2.20. The van der Waals surface area contributed by atoms with Gasteiger partial charge in [-0.2, -0.15) is 0 Å². The van der Waals surface area contributed by atoms with E-state index in [1.165, 1.54) is 7.11 Å². The van der Waals surface area contributed by atoms with Crippen LogP contribution in [0.3, 0.4) is 0 Å². The van der Waals surface area contributed by atoms with Crippen molar-refractivity contribution in [3.63, 3.8) is 0 Å². The Bertz CT molecular complexity index is 379. The second-order valence-electron chi connectivity index (χ2n) is 3.41. The van der Waals surface area contributed by atoms with Crippen molar-refractivity contribution in [2.24, 2.45) is 0 Å². The van der Waals surface area contributed by atoms with Crippen LogP contribution in [0.2, 0.25) is 0 Å². The normalized spacial score (nSPS) is 10.0. The van der Waals surface area contributed by atoms with Gasteiger partial charge in [-0.1, -0.05) is 6.07 Å². The van der Waals surface area contributed by atoms with Crippen molar-refractivity contribution in [3.05, 3.63) is 23.8 Å². The quantitative estimate of drug-likeness (QED) is 0.462. The molecule has 5 heteroatoms. The number of para-hydroxylation sites is 1. The van der Waals surface area contributed by atoms with Crippen LogP contribution in [0.15, 0.2) is 18.2 Å². The summed E-state index contributed by atoms with van der Waals surface area (Å²) in [4.78, 5) is 11.7. The van der Waals surface area contributed by atoms with Gasteiger partial charge in [-0.3, -0.25) is 0 Å². The summed E-state index contributed by atoms with van der Waals surface area (Å²) in [7, 11) is 3.07. The summed E-state index contributed by atoms with van der Waals surface area (Å²) < 4.78 is 15.0. The molecule has 0 unspecified atom stereocenters. The van der Waals surface area contributed by atoms with E-state index in [-0.39, 0.29) is 0 Å². The average molecular weight is 239 g/mol. The van der Waals surface area contributed by atoms with Crippen LogP contribution in [-0.2, 0) is 9.47 Å². The molecule has 0 bridgehead atoms. The second kappa shape index (κ2) is 6.75. The highest BCUT2D eigenvalue weighted by atomic mass is 16.5. The molecule has 1 aromatic rings. The number of carbonyl (C=O) groups is 1. The fourth-order valence-electron chi connectivity index (χ4n) is 1.39. The molecule has 0 aromatic heterocycles. The smallest absolute Gasteiger partial charge is 0.342 e. The molecule has 0 aliphatic heterocycles. The fraction of sp³-hybridized carbons (Fsp3) is 0.417. The first-order valence-corrected chi connectivity index (χ1v) is 5.29. The lowest BCUT2D eigenvalue weighted by Crippen LogP contribution is -2.10. The van der Waals surface area contributed by atoms with Gasteiger partial charge in [-0.25, -0.2) is 4.79 Å². The van der Waals surface area contributed by atoms with Crippen LogP contribution >= 0.6 is 0 Å². The van der Waals surface area contributed by atoms with Crippen LogP contribution in [0, 0.1) is 0 Å². The Morgan fingerprint density at radius 3 is 2.71 bits per heavy atom. The number of nitrogens with two attached hydrogens (primary N) is 1. The number of rotatable bonds is 6. The number of nitrogen functional groups attached to an aromatic ring is 1. The molecule has 0 saturated carbocycles. The zero-order chi connectivity index (χ0) is 12.7. The van der Waals surface area contributed by atoms with E-state index < -0.39 is 5.97 Å².